The first-order valence-electron chi connectivity index (χ1n) is 10.1. The van der Waals surface area contributed by atoms with Gasteiger partial charge in [0.1, 0.15) is 5.69 Å². The smallest absolute Gasteiger partial charge is 0.293 e. The van der Waals surface area contributed by atoms with E-state index in [1.54, 1.807) is 43.7 Å². The van der Waals surface area contributed by atoms with E-state index in [9.17, 15) is 19.6 Å². The number of ketones is 1. The van der Waals surface area contributed by atoms with Crippen molar-refractivity contribution in [3.63, 3.8) is 0 Å². The van der Waals surface area contributed by atoms with E-state index >= 15 is 0 Å². The van der Waals surface area contributed by atoms with Gasteiger partial charge in [-0.25, -0.2) is 0 Å². The molecule has 2 aromatic rings. The van der Waals surface area contributed by atoms with Gasteiger partial charge in [-0.2, -0.15) is 5.26 Å². The normalized spacial score (nSPS) is 11.8. The lowest BCUT2D eigenvalue weighted by Gasteiger charge is -2.26. The van der Waals surface area contributed by atoms with Gasteiger partial charge >= 0.3 is 0 Å². The summed E-state index contributed by atoms with van der Waals surface area (Å²) in [6, 6.07) is 6.49. The molecule has 1 heterocycles. The van der Waals surface area contributed by atoms with Crippen molar-refractivity contribution >= 4 is 23.3 Å². The number of hydrogen-bond acceptors (Lipinski definition) is 4. The van der Waals surface area contributed by atoms with Crippen molar-refractivity contribution < 1.29 is 14.4 Å². The minimum atomic E-state index is -0.816. The van der Waals surface area contributed by atoms with Gasteiger partial charge in [0.15, 0.2) is 0 Å². The lowest BCUT2D eigenvalue weighted by molar-refractivity contribution is -0.117. The van der Waals surface area contributed by atoms with Gasteiger partial charge in [-0.3, -0.25) is 14.4 Å². The van der Waals surface area contributed by atoms with E-state index < -0.39 is 29.1 Å². The average Bonchev–Trinajstić information content (AvgIpc) is 2.94. The quantitative estimate of drug-likeness (QED) is 0.429. The number of benzene rings is 1. The Morgan fingerprint density at radius 2 is 1.78 bits per heavy atom. The van der Waals surface area contributed by atoms with Crippen LogP contribution in [0.1, 0.15) is 64.0 Å². The predicted molar refractivity (Wildman–Crippen MR) is 123 cm³/mol. The monoisotopic (exact) mass is 432 g/mol. The maximum atomic E-state index is 13.0. The Morgan fingerprint density at radius 3 is 2.31 bits per heavy atom. The topological polar surface area (TPSA) is 104 Å². The molecular formula is C25H28N4O3. The molecule has 1 aromatic carbocycles. The molecule has 2 N–H and O–H groups in total. The fourth-order valence-electron chi connectivity index (χ4n) is 3.46. The third kappa shape index (κ3) is 4.73. The minimum Gasteiger partial charge on any atom is -0.343 e. The van der Waals surface area contributed by atoms with Crippen LogP contribution < -0.4 is 10.6 Å². The zero-order chi connectivity index (χ0) is 24.4. The summed E-state index contributed by atoms with van der Waals surface area (Å²) in [5.74, 6) is 0.495. The molecule has 0 spiro atoms. The first-order chi connectivity index (χ1) is 14.8. The molecule has 2 amide bonds. The largest absolute Gasteiger partial charge is 0.343 e. The highest BCUT2D eigenvalue weighted by Gasteiger charge is 2.31. The van der Waals surface area contributed by atoms with Gasteiger partial charge in [0.05, 0.1) is 23.2 Å². The summed E-state index contributed by atoms with van der Waals surface area (Å²) in [6.45, 7) is 10.7. The molecule has 1 atom stereocenters. The molecule has 0 bridgehead atoms. The Hall–Kier alpha value is -3.84. The number of aryl methyl sites for hydroxylation is 1. The number of nitrogens with one attached hydrogen (secondary N) is 2. The molecular weight excluding hydrogens is 404 g/mol. The highest BCUT2D eigenvalue weighted by Crippen LogP contribution is 2.24. The fourth-order valence-corrected chi connectivity index (χ4v) is 3.46. The van der Waals surface area contributed by atoms with Crippen LogP contribution in [0, 0.1) is 49.9 Å². The van der Waals surface area contributed by atoms with E-state index in [4.69, 9.17) is 6.42 Å². The number of amides is 2. The number of Topliss-reactive ketones (excluding diaryl/α,β-unsaturated/α-hetero) is 1. The highest BCUT2D eigenvalue weighted by molar-refractivity contribution is 6.43. The summed E-state index contributed by atoms with van der Waals surface area (Å²) in [5, 5.41) is 14.6. The second kappa shape index (κ2) is 9.11. The maximum Gasteiger partial charge on any atom is 0.293 e. The number of carbonyl (C=O) groups excluding carboxylic acids is 3. The summed E-state index contributed by atoms with van der Waals surface area (Å²) in [6.07, 6.45) is 5.52. The van der Waals surface area contributed by atoms with Crippen molar-refractivity contribution in [3.05, 3.63) is 51.8 Å². The summed E-state index contributed by atoms with van der Waals surface area (Å²) in [7, 11) is 1.65. The zero-order valence-corrected chi connectivity index (χ0v) is 19.5. The van der Waals surface area contributed by atoms with Gasteiger partial charge in [-0.15, -0.1) is 6.42 Å². The van der Waals surface area contributed by atoms with E-state index in [2.05, 4.69) is 22.6 Å². The Labute approximate surface area is 188 Å². The maximum absolute atomic E-state index is 13.0. The first kappa shape index (κ1) is 24.4. The Balaban J connectivity index is 2.37. The van der Waals surface area contributed by atoms with E-state index in [1.165, 1.54) is 0 Å². The Morgan fingerprint density at radius 1 is 1.16 bits per heavy atom. The molecule has 0 radical (unpaired) electrons. The standard InChI is InChI=1S/C25H28N4O3/c1-9-19(25(5,6)7)28-24(32)22(30)20-15(3)21(29(8)16(20)4)23(31)27-18-11-10-14(2)17(12-18)13-26/h1,10-12,19H,2-8H3,(H,27,31)(H,28,32)/t19-/m0/s1. The van der Waals surface area contributed by atoms with Crippen LogP contribution in [0.4, 0.5) is 5.69 Å². The van der Waals surface area contributed by atoms with Crippen LogP contribution in [0.15, 0.2) is 18.2 Å². The van der Waals surface area contributed by atoms with Gasteiger partial charge in [-0.1, -0.05) is 32.8 Å². The first-order valence-corrected chi connectivity index (χ1v) is 10.1. The van der Waals surface area contributed by atoms with E-state index in [0.29, 0.717) is 22.5 Å². The SMILES string of the molecule is C#C[C@H](NC(=O)C(=O)c1c(C)c(C(=O)Nc2ccc(C)c(C#N)c2)n(C)c1C)C(C)(C)C. The molecule has 166 valence electrons. The molecule has 0 saturated heterocycles. The van der Waals surface area contributed by atoms with E-state index in [0.717, 1.165) is 5.56 Å². The number of rotatable bonds is 5. The molecule has 32 heavy (non-hydrogen) atoms. The van der Waals surface area contributed by atoms with Crippen LogP contribution in [0.5, 0.6) is 0 Å². The molecule has 7 nitrogen and oxygen atoms in total. The molecule has 0 unspecified atom stereocenters. The van der Waals surface area contributed by atoms with Crippen molar-refractivity contribution in [1.29, 1.82) is 5.26 Å². The molecule has 7 heteroatoms. The predicted octanol–water partition coefficient (Wildman–Crippen LogP) is 3.42. The van der Waals surface area contributed by atoms with Crippen molar-refractivity contribution in [1.82, 2.24) is 9.88 Å². The van der Waals surface area contributed by atoms with Crippen LogP contribution in [0.3, 0.4) is 0 Å². The Kier molecular flexibility index (Phi) is 6.96. The highest BCUT2D eigenvalue weighted by atomic mass is 16.2. The summed E-state index contributed by atoms with van der Waals surface area (Å²) in [5.41, 5.74) is 2.59. The number of aromatic nitrogens is 1. The third-order valence-electron chi connectivity index (χ3n) is 5.50. The molecule has 1 aromatic heterocycles. The van der Waals surface area contributed by atoms with E-state index in [1.807, 2.05) is 27.7 Å². The molecule has 0 aliphatic carbocycles. The van der Waals surface area contributed by atoms with Crippen molar-refractivity contribution in [2.24, 2.45) is 12.5 Å². The summed E-state index contributed by atoms with van der Waals surface area (Å²) in [4.78, 5) is 38.6. The minimum absolute atomic E-state index is 0.168. The van der Waals surface area contributed by atoms with Gasteiger partial charge in [-0.05, 0) is 49.4 Å². The lowest BCUT2D eigenvalue weighted by atomic mass is 9.87. The van der Waals surface area contributed by atoms with Crippen molar-refractivity contribution in [2.75, 3.05) is 5.32 Å². The zero-order valence-electron chi connectivity index (χ0n) is 19.5. The lowest BCUT2D eigenvalue weighted by Crippen LogP contribution is -2.45. The van der Waals surface area contributed by atoms with Crippen LogP contribution in [0.2, 0.25) is 0 Å². The summed E-state index contributed by atoms with van der Waals surface area (Å²) < 4.78 is 1.58. The second-order valence-electron chi connectivity index (χ2n) is 8.86. The molecule has 0 saturated carbocycles. The number of nitriles is 1. The third-order valence-corrected chi connectivity index (χ3v) is 5.50. The van der Waals surface area contributed by atoms with Crippen LogP contribution >= 0.6 is 0 Å². The molecule has 0 fully saturated rings. The van der Waals surface area contributed by atoms with Crippen molar-refractivity contribution in [2.45, 2.75) is 47.6 Å². The average molecular weight is 433 g/mol. The number of anilines is 1. The van der Waals surface area contributed by atoms with Crippen LogP contribution in [-0.4, -0.2) is 28.2 Å². The fraction of sp³-hybridized carbons (Fsp3) is 0.360. The number of terminal acetylenes is 1. The molecule has 0 aliphatic rings. The van der Waals surface area contributed by atoms with Gasteiger partial charge in [0.25, 0.3) is 17.6 Å². The van der Waals surface area contributed by atoms with Crippen LogP contribution in [-0.2, 0) is 11.8 Å². The van der Waals surface area contributed by atoms with Crippen LogP contribution in [0.25, 0.3) is 0 Å². The number of hydrogen-bond donors (Lipinski definition) is 2. The van der Waals surface area contributed by atoms with Gasteiger partial charge in [0, 0.05) is 18.4 Å². The Bertz CT molecular complexity index is 1180. The van der Waals surface area contributed by atoms with Gasteiger partial charge < -0.3 is 15.2 Å². The number of carbonyl (C=O) groups is 3. The summed E-state index contributed by atoms with van der Waals surface area (Å²) >= 11 is 0. The molecule has 0 aliphatic heterocycles. The van der Waals surface area contributed by atoms with E-state index in [-0.39, 0.29) is 11.3 Å². The molecule has 2 rings (SSSR count). The number of nitrogens with zero attached hydrogens (tertiary/aromatic N) is 2. The second-order valence-corrected chi connectivity index (χ2v) is 8.86. The van der Waals surface area contributed by atoms with Crippen molar-refractivity contribution in [3.8, 4) is 18.4 Å². The van der Waals surface area contributed by atoms with Gasteiger partial charge in [0.2, 0.25) is 0 Å².